The predicted octanol–water partition coefficient (Wildman–Crippen LogP) is 1.41. The fourth-order valence-electron chi connectivity index (χ4n) is 3.97. The summed E-state index contributed by atoms with van der Waals surface area (Å²) in [5.74, 6) is 0.282. The van der Waals surface area contributed by atoms with Crippen LogP contribution in [0.25, 0.3) is 11.3 Å². The molecule has 37 heavy (non-hydrogen) atoms. The molecule has 3 aromatic heterocycles. The molecular formula is C26H27N7O4. The van der Waals surface area contributed by atoms with Crippen molar-refractivity contribution in [2.75, 3.05) is 26.4 Å². The Morgan fingerprint density at radius 1 is 1.22 bits per heavy atom. The van der Waals surface area contributed by atoms with Gasteiger partial charge >= 0.3 is 0 Å². The number of amides is 1. The highest BCUT2D eigenvalue weighted by atomic mass is 16.6. The Hall–Kier alpha value is -4.22. The second-order valence-electron chi connectivity index (χ2n) is 8.73. The fourth-order valence-corrected chi connectivity index (χ4v) is 3.97. The first-order valence-corrected chi connectivity index (χ1v) is 12.0. The highest BCUT2D eigenvalue weighted by Gasteiger charge is 2.17. The monoisotopic (exact) mass is 501 g/mol. The standard InChI is InChI=1S/C26H27N7O4/c1-32-16-21(14-30-32)33-8-7-24(34)23(31-33)11-18-3-2-4-19(6-5-18)25-27-12-20(13-28-25)26(35)29-15-22-17-36-9-10-37-22/h2-5,7-8,12-14,16,22H,6,9-11,15,17H2,1H3,(H,29,35). The second-order valence-corrected chi connectivity index (χ2v) is 8.73. The van der Waals surface area contributed by atoms with Crippen LogP contribution in [0, 0.1) is 0 Å². The van der Waals surface area contributed by atoms with E-state index in [-0.39, 0.29) is 17.4 Å². The molecule has 1 atom stereocenters. The molecule has 4 heterocycles. The molecule has 1 saturated heterocycles. The second kappa shape index (κ2) is 11.2. The van der Waals surface area contributed by atoms with Crippen LogP contribution in [0.4, 0.5) is 0 Å². The highest BCUT2D eigenvalue weighted by molar-refractivity contribution is 5.93. The number of aryl methyl sites for hydroxylation is 1. The number of nitrogens with one attached hydrogen (secondary N) is 1. The minimum absolute atomic E-state index is 0.119. The Morgan fingerprint density at radius 3 is 2.84 bits per heavy atom. The van der Waals surface area contributed by atoms with Gasteiger partial charge in [0, 0.05) is 50.2 Å². The first-order chi connectivity index (χ1) is 18.0. The summed E-state index contributed by atoms with van der Waals surface area (Å²) in [6.45, 7) is 1.95. The predicted molar refractivity (Wildman–Crippen MR) is 135 cm³/mol. The van der Waals surface area contributed by atoms with Gasteiger partial charge in [-0.15, -0.1) is 0 Å². The number of nitrogens with zero attached hydrogens (tertiary/aromatic N) is 6. The number of carbonyl (C=O) groups excluding carboxylic acids is 1. The molecule has 3 aromatic rings. The van der Waals surface area contributed by atoms with Crippen LogP contribution in [0.1, 0.15) is 28.3 Å². The number of rotatable bonds is 7. The molecule has 5 rings (SSSR count). The van der Waals surface area contributed by atoms with Crippen LogP contribution < -0.4 is 10.7 Å². The quantitative estimate of drug-likeness (QED) is 0.515. The lowest BCUT2D eigenvalue weighted by atomic mass is 10.1. The van der Waals surface area contributed by atoms with Gasteiger partial charge in [0.05, 0.1) is 43.9 Å². The highest BCUT2D eigenvalue weighted by Crippen LogP contribution is 2.21. The van der Waals surface area contributed by atoms with E-state index < -0.39 is 0 Å². The molecule has 1 N–H and O–H groups in total. The van der Waals surface area contributed by atoms with Crippen LogP contribution in [0.3, 0.4) is 0 Å². The van der Waals surface area contributed by atoms with Crippen molar-refractivity contribution in [1.29, 1.82) is 0 Å². The third kappa shape index (κ3) is 6.13. The zero-order chi connectivity index (χ0) is 25.6. The van der Waals surface area contributed by atoms with Crippen molar-refractivity contribution < 1.29 is 14.3 Å². The molecule has 1 aliphatic carbocycles. The Morgan fingerprint density at radius 2 is 2.08 bits per heavy atom. The van der Waals surface area contributed by atoms with Gasteiger partial charge in [0.15, 0.2) is 5.82 Å². The van der Waals surface area contributed by atoms with Gasteiger partial charge in [-0.05, 0) is 12.0 Å². The van der Waals surface area contributed by atoms with Crippen LogP contribution in [-0.4, -0.2) is 67.9 Å². The molecule has 1 unspecified atom stereocenters. The average Bonchev–Trinajstić information content (AvgIpc) is 3.23. The molecule has 0 bridgehead atoms. The van der Waals surface area contributed by atoms with Crippen LogP contribution in [0.2, 0.25) is 0 Å². The Labute approximate surface area is 213 Å². The minimum atomic E-state index is -0.259. The third-order valence-electron chi connectivity index (χ3n) is 5.98. The van der Waals surface area contributed by atoms with Gasteiger partial charge in [-0.3, -0.25) is 14.3 Å². The van der Waals surface area contributed by atoms with E-state index >= 15 is 0 Å². The molecule has 0 saturated carbocycles. The van der Waals surface area contributed by atoms with Gasteiger partial charge in [0.2, 0.25) is 5.43 Å². The fraction of sp³-hybridized carbons (Fsp3) is 0.308. The molecule has 190 valence electrons. The van der Waals surface area contributed by atoms with Gasteiger partial charge in [0.25, 0.3) is 5.91 Å². The van der Waals surface area contributed by atoms with Crippen molar-refractivity contribution >= 4 is 11.5 Å². The van der Waals surface area contributed by atoms with Gasteiger partial charge in [-0.25, -0.2) is 14.6 Å². The van der Waals surface area contributed by atoms with Crippen molar-refractivity contribution in [3.63, 3.8) is 0 Å². The molecule has 2 aliphatic rings. The van der Waals surface area contributed by atoms with Gasteiger partial charge in [0.1, 0.15) is 11.4 Å². The lowest BCUT2D eigenvalue weighted by molar-refractivity contribution is -0.0855. The molecule has 11 heteroatoms. The summed E-state index contributed by atoms with van der Waals surface area (Å²) in [7, 11) is 1.83. The maximum absolute atomic E-state index is 12.4. The summed E-state index contributed by atoms with van der Waals surface area (Å²) in [5, 5.41) is 11.5. The normalized spacial score (nSPS) is 17.6. The summed E-state index contributed by atoms with van der Waals surface area (Å²) >= 11 is 0. The smallest absolute Gasteiger partial charge is 0.254 e. The van der Waals surface area contributed by atoms with E-state index in [1.54, 1.807) is 21.8 Å². The molecule has 0 spiro atoms. The van der Waals surface area contributed by atoms with E-state index in [0.29, 0.717) is 56.3 Å². The van der Waals surface area contributed by atoms with Crippen LogP contribution in [-0.2, 0) is 22.9 Å². The molecular weight excluding hydrogens is 474 g/mol. The van der Waals surface area contributed by atoms with Gasteiger partial charge < -0.3 is 14.8 Å². The van der Waals surface area contributed by atoms with Crippen molar-refractivity contribution in [2.45, 2.75) is 18.9 Å². The summed E-state index contributed by atoms with van der Waals surface area (Å²) in [6.07, 6.45) is 16.9. The summed E-state index contributed by atoms with van der Waals surface area (Å²) < 4.78 is 14.2. The van der Waals surface area contributed by atoms with E-state index in [1.165, 1.54) is 18.5 Å². The number of allylic oxidation sites excluding steroid dienone is 6. The SMILES string of the molecule is Cn1cc(-n2ccc(=O)c(CC3=CCC(c4ncc(C(=O)NCC5COCCO5)cn4)=CC=C3)n2)cn1. The Kier molecular flexibility index (Phi) is 7.43. The molecule has 0 aromatic carbocycles. The van der Waals surface area contributed by atoms with E-state index in [0.717, 1.165) is 16.8 Å². The topological polar surface area (TPSA) is 126 Å². The molecule has 0 radical (unpaired) electrons. The Bertz CT molecular complexity index is 1410. The molecule has 1 fully saturated rings. The van der Waals surface area contributed by atoms with Crippen LogP contribution >= 0.6 is 0 Å². The van der Waals surface area contributed by atoms with Crippen molar-refractivity contribution in [2.24, 2.45) is 7.05 Å². The number of aromatic nitrogens is 6. The molecule has 1 amide bonds. The maximum Gasteiger partial charge on any atom is 0.254 e. The van der Waals surface area contributed by atoms with Crippen LogP contribution in [0.5, 0.6) is 0 Å². The van der Waals surface area contributed by atoms with Crippen molar-refractivity contribution in [1.82, 2.24) is 34.8 Å². The van der Waals surface area contributed by atoms with E-state index in [9.17, 15) is 9.59 Å². The first kappa shape index (κ1) is 24.5. The number of carbonyl (C=O) groups is 1. The van der Waals surface area contributed by atoms with E-state index in [2.05, 4.69) is 25.5 Å². The summed E-state index contributed by atoms with van der Waals surface area (Å²) in [4.78, 5) is 33.7. The summed E-state index contributed by atoms with van der Waals surface area (Å²) in [6, 6.07) is 1.52. The van der Waals surface area contributed by atoms with Crippen molar-refractivity contribution in [3.8, 4) is 5.69 Å². The Balaban J connectivity index is 1.21. The molecule has 1 aliphatic heterocycles. The minimum Gasteiger partial charge on any atom is -0.376 e. The lowest BCUT2D eigenvalue weighted by Crippen LogP contribution is -2.39. The zero-order valence-corrected chi connectivity index (χ0v) is 20.4. The number of hydrogen-bond acceptors (Lipinski definition) is 8. The number of ether oxygens (including phenoxy) is 2. The first-order valence-electron chi connectivity index (χ1n) is 12.0. The third-order valence-corrected chi connectivity index (χ3v) is 5.98. The van der Waals surface area contributed by atoms with E-state index in [1.807, 2.05) is 37.5 Å². The van der Waals surface area contributed by atoms with Gasteiger partial charge in [-0.1, -0.05) is 24.3 Å². The zero-order valence-electron chi connectivity index (χ0n) is 20.4. The van der Waals surface area contributed by atoms with Crippen LogP contribution in [0.15, 0.2) is 71.7 Å². The lowest BCUT2D eigenvalue weighted by Gasteiger charge is -2.23. The number of hydrogen-bond donors (Lipinski definition) is 1. The average molecular weight is 502 g/mol. The summed E-state index contributed by atoms with van der Waals surface area (Å²) in [5.41, 5.74) is 3.35. The largest absolute Gasteiger partial charge is 0.376 e. The molecule has 11 nitrogen and oxygen atoms in total. The van der Waals surface area contributed by atoms with Crippen molar-refractivity contribution in [3.05, 3.63) is 94.2 Å². The van der Waals surface area contributed by atoms with Gasteiger partial charge in [-0.2, -0.15) is 10.2 Å². The van der Waals surface area contributed by atoms with E-state index in [4.69, 9.17) is 9.47 Å². The maximum atomic E-state index is 12.4.